The van der Waals surface area contributed by atoms with Gasteiger partial charge in [0.05, 0.1) is 13.0 Å². The van der Waals surface area contributed by atoms with Gasteiger partial charge in [0.15, 0.2) is 0 Å². The molecule has 19 heavy (non-hydrogen) atoms. The van der Waals surface area contributed by atoms with Crippen molar-refractivity contribution in [1.82, 2.24) is 5.32 Å². The molecule has 0 heterocycles. The zero-order valence-electron chi connectivity index (χ0n) is 15.5. The summed E-state index contributed by atoms with van der Waals surface area (Å²) < 4.78 is 38.5. The molecule has 0 aliphatic heterocycles. The van der Waals surface area contributed by atoms with Crippen molar-refractivity contribution in [1.29, 1.82) is 0 Å². The highest BCUT2D eigenvalue weighted by molar-refractivity contribution is 5.39. The van der Waals surface area contributed by atoms with Crippen LogP contribution in [-0.4, -0.2) is 18.2 Å². The second kappa shape index (κ2) is 6.92. The first-order valence-corrected chi connectivity index (χ1v) is 6.13. The Balaban J connectivity index is 1.98. The first-order chi connectivity index (χ1) is 11.3. The van der Waals surface area contributed by atoms with Gasteiger partial charge in [-0.1, -0.05) is 42.3 Å². The third kappa shape index (κ3) is 4.39. The summed E-state index contributed by atoms with van der Waals surface area (Å²) in [5, 5.41) is 13.2. The van der Waals surface area contributed by atoms with E-state index < -0.39 is 24.2 Å². The summed E-state index contributed by atoms with van der Waals surface area (Å²) in [7, 11) is 0. The molecule has 2 aromatic carbocycles. The summed E-state index contributed by atoms with van der Waals surface area (Å²) in [6.07, 6.45) is -0.446. The minimum atomic E-state index is -1.18. The monoisotopic (exact) mass is 261 g/mol. The molecule has 4 N–H and O–H groups in total. The summed E-state index contributed by atoms with van der Waals surface area (Å²) >= 11 is 0. The number of benzene rings is 2. The van der Waals surface area contributed by atoms with E-state index >= 15 is 0 Å². The summed E-state index contributed by atoms with van der Waals surface area (Å²) in [6, 6.07) is 5.40. The van der Waals surface area contributed by atoms with Crippen molar-refractivity contribution < 1.29 is 12.0 Å². The second-order valence-corrected chi connectivity index (χ2v) is 4.25. The lowest BCUT2D eigenvalue weighted by Crippen LogP contribution is -2.23. The highest BCUT2D eigenvalue weighted by atomic mass is 16.3. The molecule has 0 radical (unpaired) electrons. The molecule has 2 aromatic rings. The van der Waals surface area contributed by atoms with Crippen molar-refractivity contribution in [2.45, 2.75) is 12.5 Å². The van der Waals surface area contributed by atoms with Gasteiger partial charge in [0.1, 0.15) is 0 Å². The SMILES string of the molecule is [2H]c1c([2H])c([2H])c(C(O)CNCCc2ccc(N)cc2)c([2H])c1[2H]. The van der Waals surface area contributed by atoms with Crippen LogP contribution in [0.3, 0.4) is 0 Å². The van der Waals surface area contributed by atoms with Gasteiger partial charge in [0.2, 0.25) is 0 Å². The van der Waals surface area contributed by atoms with Crippen LogP contribution in [0.2, 0.25) is 0 Å². The smallest absolute Gasteiger partial charge is 0.0914 e. The van der Waals surface area contributed by atoms with Crippen molar-refractivity contribution in [3.8, 4) is 0 Å². The van der Waals surface area contributed by atoms with E-state index in [1.165, 1.54) is 0 Å². The minimum Gasteiger partial charge on any atom is -0.399 e. The Morgan fingerprint density at radius 2 is 1.84 bits per heavy atom. The fourth-order valence-corrected chi connectivity index (χ4v) is 1.68. The predicted molar refractivity (Wildman–Crippen MR) is 78.8 cm³/mol. The van der Waals surface area contributed by atoms with Gasteiger partial charge < -0.3 is 16.2 Å². The lowest BCUT2D eigenvalue weighted by atomic mass is 10.1. The maximum absolute atomic E-state index is 10.2. The Bertz CT molecular complexity index is 692. The van der Waals surface area contributed by atoms with E-state index in [2.05, 4.69) is 5.32 Å². The van der Waals surface area contributed by atoms with Gasteiger partial charge in [0.25, 0.3) is 0 Å². The molecule has 1 atom stereocenters. The zero-order valence-corrected chi connectivity index (χ0v) is 10.5. The van der Waals surface area contributed by atoms with Gasteiger partial charge in [-0.25, -0.2) is 0 Å². The van der Waals surface area contributed by atoms with E-state index in [1.807, 2.05) is 24.3 Å². The van der Waals surface area contributed by atoms with Crippen molar-refractivity contribution in [3.05, 3.63) is 65.6 Å². The van der Waals surface area contributed by atoms with E-state index in [1.54, 1.807) is 0 Å². The van der Waals surface area contributed by atoms with E-state index in [0.29, 0.717) is 12.2 Å². The van der Waals surface area contributed by atoms with Crippen LogP contribution < -0.4 is 11.1 Å². The average molecular weight is 261 g/mol. The molecule has 1 unspecified atom stereocenters. The zero-order chi connectivity index (χ0) is 17.9. The molecule has 2 rings (SSSR count). The third-order valence-corrected chi connectivity index (χ3v) is 2.76. The number of nitrogens with one attached hydrogen (secondary N) is 1. The van der Waals surface area contributed by atoms with Crippen LogP contribution in [0.15, 0.2) is 54.5 Å². The van der Waals surface area contributed by atoms with Crippen molar-refractivity contribution in [2.75, 3.05) is 18.8 Å². The standard InChI is InChI=1S/C16H20N2O/c17-15-8-6-13(7-9-15)10-11-18-12-16(19)14-4-2-1-3-5-14/h1-9,16,18-19H,10-12,17H2/i1D,2D,3D,4D,5D. The molecule has 0 spiro atoms. The highest BCUT2D eigenvalue weighted by Gasteiger charge is 2.05. The second-order valence-electron chi connectivity index (χ2n) is 4.25. The maximum atomic E-state index is 10.2. The molecule has 0 amide bonds. The Morgan fingerprint density at radius 1 is 1.16 bits per heavy atom. The molecule has 0 saturated carbocycles. The number of anilines is 1. The molecule has 0 aromatic heterocycles. The maximum Gasteiger partial charge on any atom is 0.0914 e. The number of aliphatic hydroxyl groups excluding tert-OH is 1. The molecular weight excluding hydrogens is 236 g/mol. The molecule has 0 fully saturated rings. The van der Waals surface area contributed by atoms with Crippen LogP contribution in [0.5, 0.6) is 0 Å². The van der Waals surface area contributed by atoms with E-state index in [0.717, 1.165) is 12.0 Å². The van der Waals surface area contributed by atoms with Crippen LogP contribution in [-0.2, 0) is 6.42 Å². The lowest BCUT2D eigenvalue weighted by Gasteiger charge is -2.12. The van der Waals surface area contributed by atoms with E-state index in [4.69, 9.17) is 12.6 Å². The number of hydrogen-bond acceptors (Lipinski definition) is 3. The molecule has 3 heteroatoms. The molecule has 100 valence electrons. The van der Waals surface area contributed by atoms with Gasteiger partial charge in [-0.3, -0.25) is 0 Å². The molecular formula is C16H20N2O. The predicted octanol–water partition coefficient (Wildman–Crippen LogP) is 2.13. The number of hydrogen-bond donors (Lipinski definition) is 3. The minimum absolute atomic E-state index is 0.0824. The number of nitrogen functional groups attached to an aromatic ring is 1. The number of nitrogens with two attached hydrogens (primary N) is 1. The molecule has 0 aliphatic rings. The van der Waals surface area contributed by atoms with Crippen LogP contribution in [0.4, 0.5) is 5.69 Å². The van der Waals surface area contributed by atoms with Gasteiger partial charge in [0, 0.05) is 12.2 Å². The number of rotatable bonds is 6. The lowest BCUT2D eigenvalue weighted by molar-refractivity contribution is 0.175. The summed E-state index contributed by atoms with van der Waals surface area (Å²) in [5.74, 6) is 0. The van der Waals surface area contributed by atoms with Crippen LogP contribution in [0.25, 0.3) is 0 Å². The van der Waals surface area contributed by atoms with Gasteiger partial charge >= 0.3 is 0 Å². The van der Waals surface area contributed by atoms with Crippen LogP contribution >= 0.6 is 0 Å². The molecule has 0 bridgehead atoms. The summed E-state index contributed by atoms with van der Waals surface area (Å²) in [5.41, 5.74) is 7.33. The Kier molecular flexibility index (Phi) is 3.04. The molecule has 0 aliphatic carbocycles. The highest BCUT2D eigenvalue weighted by Crippen LogP contribution is 2.10. The summed E-state index contributed by atoms with van der Waals surface area (Å²) in [4.78, 5) is 0. The topological polar surface area (TPSA) is 58.3 Å². The van der Waals surface area contributed by atoms with Gasteiger partial charge in [-0.15, -0.1) is 0 Å². The first-order valence-electron chi connectivity index (χ1n) is 8.63. The van der Waals surface area contributed by atoms with Crippen molar-refractivity contribution in [2.24, 2.45) is 0 Å². The van der Waals surface area contributed by atoms with E-state index in [9.17, 15) is 5.11 Å². The Morgan fingerprint density at radius 3 is 2.53 bits per heavy atom. The number of aliphatic hydroxyl groups is 1. The third-order valence-electron chi connectivity index (χ3n) is 2.76. The van der Waals surface area contributed by atoms with Crippen LogP contribution in [0, 0.1) is 0 Å². The van der Waals surface area contributed by atoms with Crippen molar-refractivity contribution in [3.63, 3.8) is 0 Å². The Hall–Kier alpha value is -1.84. The van der Waals surface area contributed by atoms with Crippen LogP contribution in [0.1, 0.15) is 24.1 Å². The van der Waals surface area contributed by atoms with E-state index in [-0.39, 0.29) is 24.2 Å². The summed E-state index contributed by atoms with van der Waals surface area (Å²) in [6.45, 7) is 0.683. The van der Waals surface area contributed by atoms with Gasteiger partial charge in [-0.05, 0) is 36.2 Å². The molecule has 0 saturated heterocycles. The fraction of sp³-hybridized carbons (Fsp3) is 0.250. The van der Waals surface area contributed by atoms with Gasteiger partial charge in [-0.2, -0.15) is 0 Å². The normalized spacial score (nSPS) is 15.9. The fourth-order valence-electron chi connectivity index (χ4n) is 1.68. The average Bonchev–Trinajstić information content (AvgIpc) is 2.57. The largest absolute Gasteiger partial charge is 0.399 e. The Labute approximate surface area is 121 Å². The quantitative estimate of drug-likeness (QED) is 0.551. The first kappa shape index (κ1) is 8.35. The van der Waals surface area contributed by atoms with Crippen molar-refractivity contribution >= 4 is 5.69 Å². The molecule has 3 nitrogen and oxygen atoms in total.